The number of hydrogen-bond donors (Lipinski definition) is 3. The van der Waals surface area contributed by atoms with Crippen LogP contribution in [0.3, 0.4) is 0 Å². The molecule has 0 aliphatic heterocycles. The highest BCUT2D eigenvalue weighted by Crippen LogP contribution is 2.46. The minimum atomic E-state index is -3.29. The minimum absolute atomic E-state index is 0.103. The van der Waals surface area contributed by atoms with Gasteiger partial charge in [0, 0.05) is 0 Å². The third-order valence-electron chi connectivity index (χ3n) is 2.19. The van der Waals surface area contributed by atoms with Crippen LogP contribution in [0.15, 0.2) is 0 Å². The fourth-order valence-electron chi connectivity index (χ4n) is 1.32. The van der Waals surface area contributed by atoms with Gasteiger partial charge in [-0.25, -0.2) is 0 Å². The summed E-state index contributed by atoms with van der Waals surface area (Å²) in [6.45, 7) is 7.41. The fourth-order valence-corrected chi connectivity index (χ4v) is 2.71. The summed E-state index contributed by atoms with van der Waals surface area (Å²) < 4.78 is 22.1. The molecule has 0 fully saturated rings. The van der Waals surface area contributed by atoms with Crippen molar-refractivity contribution in [1.82, 2.24) is 10.8 Å². The molecule has 0 heterocycles. The Hall–Kier alpha value is -0.460. The van der Waals surface area contributed by atoms with E-state index in [2.05, 4.69) is 5.32 Å². The van der Waals surface area contributed by atoms with E-state index in [1.807, 2.05) is 5.48 Å². The average Bonchev–Trinajstić information content (AvgIpc) is 2.27. The molecular formula is C10H23N2O5P. The Kier molecular flexibility index (Phi) is 8.39. The van der Waals surface area contributed by atoms with Gasteiger partial charge >= 0.3 is 7.60 Å². The van der Waals surface area contributed by atoms with E-state index in [1.54, 1.807) is 27.7 Å². The highest BCUT2D eigenvalue weighted by atomic mass is 31.2. The standard InChI is InChI=1S/C10H23N2O5P/c1-5-16-18(15,17-6-2)7-11-10(13)9(12-14)8(3)4/h8-9,12,14H,5-7H2,1-4H3,(H,11,13)/t9-/m0/s1. The second kappa shape index (κ2) is 8.61. The summed E-state index contributed by atoms with van der Waals surface area (Å²) in [6.07, 6.45) is -0.210. The molecule has 18 heavy (non-hydrogen) atoms. The Morgan fingerprint density at radius 3 is 2.11 bits per heavy atom. The summed E-state index contributed by atoms with van der Waals surface area (Å²) in [5, 5.41) is 11.3. The summed E-state index contributed by atoms with van der Waals surface area (Å²) in [7, 11) is -3.29. The monoisotopic (exact) mass is 282 g/mol. The zero-order chi connectivity index (χ0) is 14.2. The molecule has 8 heteroatoms. The van der Waals surface area contributed by atoms with Crippen molar-refractivity contribution in [3.8, 4) is 0 Å². The van der Waals surface area contributed by atoms with Crippen LogP contribution in [0.25, 0.3) is 0 Å². The normalized spacial score (nSPS) is 13.7. The van der Waals surface area contributed by atoms with Gasteiger partial charge in [-0.15, -0.1) is 0 Å². The largest absolute Gasteiger partial charge is 0.349 e. The van der Waals surface area contributed by atoms with Gasteiger partial charge in [0.1, 0.15) is 12.3 Å². The molecule has 0 bridgehead atoms. The van der Waals surface area contributed by atoms with Crippen molar-refractivity contribution in [2.75, 3.05) is 19.5 Å². The van der Waals surface area contributed by atoms with Crippen molar-refractivity contribution in [2.24, 2.45) is 5.92 Å². The Morgan fingerprint density at radius 2 is 1.78 bits per heavy atom. The molecule has 0 aromatic heterocycles. The third kappa shape index (κ3) is 5.93. The minimum Gasteiger partial charge on any atom is -0.343 e. The van der Waals surface area contributed by atoms with Gasteiger partial charge < -0.3 is 19.6 Å². The van der Waals surface area contributed by atoms with E-state index in [9.17, 15) is 9.36 Å². The van der Waals surface area contributed by atoms with Gasteiger partial charge in [0.2, 0.25) is 5.91 Å². The van der Waals surface area contributed by atoms with Gasteiger partial charge in [0.15, 0.2) is 0 Å². The first-order valence-electron chi connectivity index (χ1n) is 5.95. The number of carbonyl (C=O) groups excluding carboxylic acids is 1. The highest BCUT2D eigenvalue weighted by molar-refractivity contribution is 7.53. The molecule has 0 aromatic rings. The lowest BCUT2D eigenvalue weighted by atomic mass is 10.1. The second-order valence-electron chi connectivity index (χ2n) is 4.00. The number of hydrogen-bond acceptors (Lipinski definition) is 6. The van der Waals surface area contributed by atoms with Gasteiger partial charge in [-0.3, -0.25) is 9.36 Å². The van der Waals surface area contributed by atoms with Crippen molar-refractivity contribution < 1.29 is 23.6 Å². The van der Waals surface area contributed by atoms with Gasteiger partial charge in [-0.2, -0.15) is 5.48 Å². The molecular weight excluding hydrogens is 259 g/mol. The molecule has 0 spiro atoms. The predicted molar refractivity (Wildman–Crippen MR) is 67.4 cm³/mol. The lowest BCUT2D eigenvalue weighted by molar-refractivity contribution is -0.126. The maximum absolute atomic E-state index is 12.1. The van der Waals surface area contributed by atoms with Gasteiger partial charge in [0.25, 0.3) is 0 Å². The third-order valence-corrected chi connectivity index (χ3v) is 4.04. The first-order valence-corrected chi connectivity index (χ1v) is 7.68. The quantitative estimate of drug-likeness (QED) is 0.436. The van der Waals surface area contributed by atoms with E-state index in [0.29, 0.717) is 0 Å². The molecule has 0 aliphatic rings. The van der Waals surface area contributed by atoms with Crippen molar-refractivity contribution in [3.05, 3.63) is 0 Å². The zero-order valence-electron chi connectivity index (χ0n) is 11.3. The maximum atomic E-state index is 12.1. The number of amides is 1. The van der Waals surface area contributed by atoms with E-state index in [0.717, 1.165) is 0 Å². The smallest absolute Gasteiger partial charge is 0.343 e. The molecule has 7 nitrogen and oxygen atoms in total. The summed E-state index contributed by atoms with van der Waals surface area (Å²) in [5.74, 6) is -0.555. The van der Waals surface area contributed by atoms with Crippen LogP contribution in [0.2, 0.25) is 0 Å². The van der Waals surface area contributed by atoms with Crippen molar-refractivity contribution >= 4 is 13.5 Å². The van der Waals surface area contributed by atoms with Crippen LogP contribution in [-0.2, 0) is 18.4 Å². The summed E-state index contributed by atoms with van der Waals surface area (Å²) in [6, 6.07) is -0.762. The molecule has 0 saturated carbocycles. The highest BCUT2D eigenvalue weighted by Gasteiger charge is 2.27. The van der Waals surface area contributed by atoms with E-state index >= 15 is 0 Å². The van der Waals surface area contributed by atoms with Crippen LogP contribution in [0.5, 0.6) is 0 Å². The number of carbonyl (C=O) groups is 1. The Balaban J connectivity index is 4.43. The van der Waals surface area contributed by atoms with Crippen LogP contribution in [0.4, 0.5) is 0 Å². The molecule has 108 valence electrons. The first kappa shape index (κ1) is 17.5. The lowest BCUT2D eigenvalue weighted by Gasteiger charge is -2.21. The molecule has 1 atom stereocenters. The van der Waals surface area contributed by atoms with Crippen molar-refractivity contribution in [3.63, 3.8) is 0 Å². The zero-order valence-corrected chi connectivity index (χ0v) is 12.2. The lowest BCUT2D eigenvalue weighted by Crippen LogP contribution is -2.46. The molecule has 1 amide bonds. The number of nitrogens with one attached hydrogen (secondary N) is 2. The van der Waals surface area contributed by atoms with Gasteiger partial charge in [-0.05, 0) is 19.8 Å². The first-order chi connectivity index (χ1) is 8.40. The van der Waals surface area contributed by atoms with Crippen molar-refractivity contribution in [1.29, 1.82) is 0 Å². The second-order valence-corrected chi connectivity index (χ2v) is 6.05. The van der Waals surface area contributed by atoms with Gasteiger partial charge in [-0.1, -0.05) is 13.8 Å². The molecule has 0 unspecified atom stereocenters. The summed E-state index contributed by atoms with van der Waals surface area (Å²) in [5.41, 5.74) is 1.92. The van der Waals surface area contributed by atoms with Crippen LogP contribution in [0, 0.1) is 5.92 Å². The van der Waals surface area contributed by atoms with Crippen molar-refractivity contribution in [2.45, 2.75) is 33.7 Å². The molecule has 0 aliphatic carbocycles. The van der Waals surface area contributed by atoms with Crippen LogP contribution in [0.1, 0.15) is 27.7 Å². The van der Waals surface area contributed by atoms with Gasteiger partial charge in [0.05, 0.1) is 13.2 Å². The Bertz CT molecular complexity index is 288. The SMILES string of the molecule is CCOP(=O)(CNC(=O)[C@@H](NO)C(C)C)OCC. The number of rotatable bonds is 9. The summed E-state index contributed by atoms with van der Waals surface area (Å²) >= 11 is 0. The molecule has 0 saturated heterocycles. The Labute approximate surface area is 108 Å². The molecule has 0 radical (unpaired) electrons. The fraction of sp³-hybridized carbons (Fsp3) is 0.900. The summed E-state index contributed by atoms with van der Waals surface area (Å²) in [4.78, 5) is 11.7. The number of hydroxylamine groups is 1. The Morgan fingerprint density at radius 1 is 1.28 bits per heavy atom. The maximum Gasteiger partial charge on any atom is 0.349 e. The van der Waals surface area contributed by atoms with Crippen LogP contribution >= 0.6 is 7.60 Å². The van der Waals surface area contributed by atoms with E-state index < -0.39 is 19.5 Å². The predicted octanol–water partition coefficient (Wildman–Crippen LogP) is 1.33. The molecule has 3 N–H and O–H groups in total. The van der Waals surface area contributed by atoms with E-state index in [1.165, 1.54) is 0 Å². The van der Waals surface area contributed by atoms with Crippen LogP contribution < -0.4 is 10.8 Å². The van der Waals surface area contributed by atoms with E-state index in [-0.39, 0.29) is 25.4 Å². The molecule has 0 aromatic carbocycles. The average molecular weight is 282 g/mol. The van der Waals surface area contributed by atoms with Crippen LogP contribution in [-0.4, -0.2) is 36.7 Å². The topological polar surface area (TPSA) is 96.9 Å². The molecule has 0 rings (SSSR count). The van der Waals surface area contributed by atoms with E-state index in [4.69, 9.17) is 14.3 Å².